The van der Waals surface area contributed by atoms with Gasteiger partial charge in [-0.05, 0) is 39.8 Å². The molecule has 0 unspecified atom stereocenters. The fourth-order valence-electron chi connectivity index (χ4n) is 1.63. The van der Waals surface area contributed by atoms with Crippen molar-refractivity contribution in [2.45, 2.75) is 33.3 Å². The molecule has 0 fully saturated rings. The van der Waals surface area contributed by atoms with Crippen molar-refractivity contribution < 1.29 is 9.47 Å². The lowest BCUT2D eigenvalue weighted by Gasteiger charge is -2.25. The van der Waals surface area contributed by atoms with Gasteiger partial charge in [0.05, 0.1) is 12.3 Å². The van der Waals surface area contributed by atoms with Gasteiger partial charge in [0.15, 0.2) is 0 Å². The third-order valence-electron chi connectivity index (χ3n) is 2.55. The van der Waals surface area contributed by atoms with Crippen molar-refractivity contribution >= 4 is 11.5 Å². The molecule has 0 aliphatic heterocycles. The Morgan fingerprint density at radius 3 is 2.53 bits per heavy atom. The van der Waals surface area contributed by atoms with Crippen molar-refractivity contribution in [1.29, 1.82) is 0 Å². The first kappa shape index (κ1) is 15.6. The van der Waals surface area contributed by atoms with Crippen LogP contribution in [0.3, 0.4) is 0 Å². The zero-order valence-electron chi connectivity index (χ0n) is 12.6. The summed E-state index contributed by atoms with van der Waals surface area (Å²) in [7, 11) is 1.69. The Hall–Kier alpha value is -1.49. The van der Waals surface area contributed by atoms with Crippen molar-refractivity contribution in [3.05, 3.63) is 12.1 Å². The van der Waals surface area contributed by atoms with E-state index < -0.39 is 0 Å². The predicted octanol–water partition coefficient (Wildman–Crippen LogP) is 2.31. The molecule has 0 saturated heterocycles. The number of methoxy groups -OCH3 is 1. The van der Waals surface area contributed by atoms with Crippen LogP contribution in [-0.4, -0.2) is 37.4 Å². The van der Waals surface area contributed by atoms with Gasteiger partial charge in [-0.15, -0.1) is 0 Å². The van der Waals surface area contributed by atoms with Crippen LogP contribution in [0.15, 0.2) is 12.1 Å². The van der Waals surface area contributed by atoms with Crippen molar-refractivity contribution in [1.82, 2.24) is 4.98 Å². The lowest BCUT2D eigenvalue weighted by atomic mass is 10.2. The molecular weight excluding hydrogens is 242 g/mol. The lowest BCUT2D eigenvalue weighted by molar-refractivity contribution is 0.125. The number of nitrogen functional groups attached to an aromatic ring is 1. The summed E-state index contributed by atoms with van der Waals surface area (Å²) in [4.78, 5) is 6.63. The molecule has 19 heavy (non-hydrogen) atoms. The number of anilines is 2. The second-order valence-corrected chi connectivity index (χ2v) is 5.35. The second-order valence-electron chi connectivity index (χ2n) is 5.35. The molecule has 0 aromatic carbocycles. The van der Waals surface area contributed by atoms with Crippen LogP contribution in [0, 0.1) is 0 Å². The van der Waals surface area contributed by atoms with Gasteiger partial charge in [-0.25, -0.2) is 0 Å². The number of likely N-dealkylation sites (N-methyl/N-ethyl adjacent to an activating group) is 1. The van der Waals surface area contributed by atoms with Gasteiger partial charge in [-0.3, -0.25) is 0 Å². The maximum atomic E-state index is 5.91. The fourth-order valence-corrected chi connectivity index (χ4v) is 1.63. The first-order valence-corrected chi connectivity index (χ1v) is 6.56. The molecule has 0 atom stereocenters. The first-order valence-electron chi connectivity index (χ1n) is 6.56. The van der Waals surface area contributed by atoms with E-state index >= 15 is 0 Å². The van der Waals surface area contributed by atoms with Crippen LogP contribution in [-0.2, 0) is 4.74 Å². The Bertz CT molecular complexity index is 402. The zero-order chi connectivity index (χ0) is 14.5. The third-order valence-corrected chi connectivity index (χ3v) is 2.55. The third kappa shape index (κ3) is 4.95. The second kappa shape index (κ2) is 6.61. The Kier molecular flexibility index (Phi) is 5.42. The van der Waals surface area contributed by atoms with Crippen LogP contribution in [0.1, 0.15) is 27.7 Å². The quantitative estimate of drug-likeness (QED) is 0.857. The predicted molar refractivity (Wildman–Crippen MR) is 78.8 cm³/mol. The smallest absolute Gasteiger partial charge is 0.239 e. The molecule has 0 spiro atoms. The fraction of sp³-hybridized carbons (Fsp3) is 0.643. The monoisotopic (exact) mass is 267 g/mol. The van der Waals surface area contributed by atoms with Gasteiger partial charge >= 0.3 is 0 Å². The van der Waals surface area contributed by atoms with Crippen LogP contribution in [0.2, 0.25) is 0 Å². The van der Waals surface area contributed by atoms with Crippen LogP contribution in [0.25, 0.3) is 0 Å². The molecule has 1 rings (SSSR count). The highest BCUT2D eigenvalue weighted by Crippen LogP contribution is 2.26. The molecule has 1 heterocycles. The number of nitrogens with zero attached hydrogens (tertiary/aromatic N) is 2. The van der Waals surface area contributed by atoms with Crippen LogP contribution >= 0.6 is 0 Å². The standard InChI is InChI=1S/C14H25N3O2/c1-6-17(9-10-18-5)12-8-7-11(15)13(16-12)19-14(2,3)4/h7-8H,6,9-10,15H2,1-5H3. The van der Waals surface area contributed by atoms with Gasteiger partial charge in [0.25, 0.3) is 0 Å². The van der Waals surface area contributed by atoms with Gasteiger partial charge in [0.2, 0.25) is 5.88 Å². The molecule has 0 amide bonds. The van der Waals surface area contributed by atoms with Crippen LogP contribution in [0.5, 0.6) is 5.88 Å². The highest BCUT2D eigenvalue weighted by molar-refractivity contribution is 5.54. The number of aromatic nitrogens is 1. The average molecular weight is 267 g/mol. The van der Waals surface area contributed by atoms with Crippen molar-refractivity contribution in [3.8, 4) is 5.88 Å². The summed E-state index contributed by atoms with van der Waals surface area (Å²) in [5.41, 5.74) is 6.15. The Balaban J connectivity index is 2.93. The summed E-state index contributed by atoms with van der Waals surface area (Å²) in [6, 6.07) is 3.74. The van der Waals surface area contributed by atoms with Crippen molar-refractivity contribution in [2.24, 2.45) is 0 Å². The maximum absolute atomic E-state index is 5.91. The van der Waals surface area contributed by atoms with E-state index in [0.717, 1.165) is 18.9 Å². The molecular formula is C14H25N3O2. The molecule has 1 aromatic rings. The molecule has 0 bridgehead atoms. The minimum atomic E-state index is -0.316. The largest absolute Gasteiger partial charge is 0.470 e. The molecule has 5 nitrogen and oxygen atoms in total. The molecule has 0 aliphatic carbocycles. The molecule has 2 N–H and O–H groups in total. The summed E-state index contributed by atoms with van der Waals surface area (Å²) in [6.07, 6.45) is 0. The number of nitrogens with two attached hydrogens (primary N) is 1. The number of hydrogen-bond donors (Lipinski definition) is 1. The molecule has 108 valence electrons. The summed E-state index contributed by atoms with van der Waals surface area (Å²) < 4.78 is 10.9. The van der Waals surface area contributed by atoms with Gasteiger partial charge in [-0.2, -0.15) is 4.98 Å². The van der Waals surface area contributed by atoms with E-state index in [2.05, 4.69) is 16.8 Å². The highest BCUT2D eigenvalue weighted by Gasteiger charge is 2.16. The summed E-state index contributed by atoms with van der Waals surface area (Å²) in [5, 5.41) is 0. The average Bonchev–Trinajstić information content (AvgIpc) is 2.32. The summed E-state index contributed by atoms with van der Waals surface area (Å²) >= 11 is 0. The number of pyridine rings is 1. The molecule has 5 heteroatoms. The molecule has 0 aliphatic rings. The van der Waals surface area contributed by atoms with E-state index in [1.54, 1.807) is 7.11 Å². The van der Waals surface area contributed by atoms with E-state index in [-0.39, 0.29) is 5.60 Å². The molecule has 0 radical (unpaired) electrons. The Morgan fingerprint density at radius 1 is 1.32 bits per heavy atom. The summed E-state index contributed by atoms with van der Waals surface area (Å²) in [5.74, 6) is 1.34. The van der Waals surface area contributed by atoms with E-state index in [1.165, 1.54) is 0 Å². The van der Waals surface area contributed by atoms with E-state index in [4.69, 9.17) is 15.2 Å². The number of hydrogen-bond acceptors (Lipinski definition) is 5. The zero-order valence-corrected chi connectivity index (χ0v) is 12.6. The van der Waals surface area contributed by atoms with Gasteiger partial charge in [-0.1, -0.05) is 0 Å². The van der Waals surface area contributed by atoms with E-state index in [9.17, 15) is 0 Å². The lowest BCUT2D eigenvalue weighted by Crippen LogP contribution is -2.29. The van der Waals surface area contributed by atoms with Crippen LogP contribution in [0.4, 0.5) is 11.5 Å². The van der Waals surface area contributed by atoms with Gasteiger partial charge in [0.1, 0.15) is 11.4 Å². The highest BCUT2D eigenvalue weighted by atomic mass is 16.5. The maximum Gasteiger partial charge on any atom is 0.239 e. The number of ether oxygens (including phenoxy) is 2. The normalized spacial score (nSPS) is 11.4. The minimum absolute atomic E-state index is 0.316. The SMILES string of the molecule is CCN(CCOC)c1ccc(N)c(OC(C)(C)C)n1. The van der Waals surface area contributed by atoms with E-state index in [0.29, 0.717) is 18.2 Å². The molecule has 0 saturated carbocycles. The van der Waals surface area contributed by atoms with Crippen molar-refractivity contribution in [2.75, 3.05) is 37.4 Å². The minimum Gasteiger partial charge on any atom is -0.470 e. The Morgan fingerprint density at radius 2 is 2.00 bits per heavy atom. The van der Waals surface area contributed by atoms with Gasteiger partial charge in [0, 0.05) is 20.2 Å². The molecule has 1 aromatic heterocycles. The Labute approximate surface area is 115 Å². The van der Waals surface area contributed by atoms with Gasteiger partial charge < -0.3 is 20.1 Å². The summed E-state index contributed by atoms with van der Waals surface area (Å²) in [6.45, 7) is 10.3. The topological polar surface area (TPSA) is 60.6 Å². The van der Waals surface area contributed by atoms with E-state index in [1.807, 2.05) is 32.9 Å². The first-order chi connectivity index (χ1) is 8.87. The van der Waals surface area contributed by atoms with Crippen molar-refractivity contribution in [3.63, 3.8) is 0 Å². The number of rotatable bonds is 6. The van der Waals surface area contributed by atoms with Crippen LogP contribution < -0.4 is 15.4 Å².